The molecule has 1 aromatic carbocycles. The van der Waals surface area contributed by atoms with Crippen LogP contribution in [0, 0.1) is 6.92 Å². The molecule has 1 rings (SSSR count). The normalized spacial score (nSPS) is 12.5. The zero-order valence-corrected chi connectivity index (χ0v) is 11.3. The monoisotopic (exact) mass is 270 g/mol. The second-order valence-corrected chi connectivity index (χ2v) is 4.62. The van der Waals surface area contributed by atoms with Gasteiger partial charge in [0.05, 0.1) is 6.61 Å². The highest BCUT2D eigenvalue weighted by Crippen LogP contribution is 2.26. The van der Waals surface area contributed by atoms with Crippen LogP contribution in [-0.4, -0.2) is 11.9 Å². The summed E-state index contributed by atoms with van der Waals surface area (Å²) in [6, 6.07) is 6.38. The Bertz CT molecular complexity index is 309. The fourth-order valence-electron chi connectivity index (χ4n) is 1.78. The van der Waals surface area contributed by atoms with Crippen molar-refractivity contribution in [3.05, 3.63) is 29.3 Å². The van der Waals surface area contributed by atoms with E-state index in [0.29, 0.717) is 5.92 Å². The molecule has 0 aliphatic carbocycles. The maximum Gasteiger partial charge on any atom is 0.119 e. The first-order chi connectivity index (χ1) is 7.19. The SMILES string of the molecule is CCOc1ccc(C(C)CCBr)c(C)c1. The van der Waals surface area contributed by atoms with Crippen LogP contribution in [0.1, 0.15) is 37.3 Å². The van der Waals surface area contributed by atoms with Gasteiger partial charge in [-0.25, -0.2) is 0 Å². The van der Waals surface area contributed by atoms with Crippen molar-refractivity contribution in [3.8, 4) is 5.75 Å². The third kappa shape index (κ3) is 3.53. The molecule has 0 N–H and O–H groups in total. The number of ether oxygens (including phenoxy) is 1. The summed E-state index contributed by atoms with van der Waals surface area (Å²) in [5.74, 6) is 1.59. The predicted octanol–water partition coefficient (Wildman–Crippen LogP) is 4.28. The lowest BCUT2D eigenvalue weighted by molar-refractivity contribution is 0.340. The average Bonchev–Trinajstić information content (AvgIpc) is 2.18. The van der Waals surface area contributed by atoms with E-state index in [1.54, 1.807) is 0 Å². The minimum Gasteiger partial charge on any atom is -0.494 e. The molecule has 0 saturated carbocycles. The van der Waals surface area contributed by atoms with E-state index in [1.165, 1.54) is 17.5 Å². The fraction of sp³-hybridized carbons (Fsp3) is 0.538. The molecule has 0 radical (unpaired) electrons. The molecular weight excluding hydrogens is 252 g/mol. The summed E-state index contributed by atoms with van der Waals surface area (Å²) in [7, 11) is 0. The van der Waals surface area contributed by atoms with E-state index in [9.17, 15) is 0 Å². The second-order valence-electron chi connectivity index (χ2n) is 3.83. The summed E-state index contributed by atoms with van der Waals surface area (Å²) in [5.41, 5.74) is 2.76. The Hall–Kier alpha value is -0.500. The molecule has 0 bridgehead atoms. The third-order valence-electron chi connectivity index (χ3n) is 2.63. The van der Waals surface area contributed by atoms with E-state index in [-0.39, 0.29) is 0 Å². The highest BCUT2D eigenvalue weighted by atomic mass is 79.9. The Kier molecular flexibility index (Phi) is 5.16. The van der Waals surface area contributed by atoms with E-state index in [1.807, 2.05) is 6.92 Å². The zero-order chi connectivity index (χ0) is 11.3. The lowest BCUT2D eigenvalue weighted by atomic mass is 9.94. The average molecular weight is 271 g/mol. The van der Waals surface area contributed by atoms with Crippen molar-refractivity contribution in [2.75, 3.05) is 11.9 Å². The number of benzene rings is 1. The summed E-state index contributed by atoms with van der Waals surface area (Å²) in [5, 5.41) is 1.06. The lowest BCUT2D eigenvalue weighted by Gasteiger charge is -2.14. The van der Waals surface area contributed by atoms with Gasteiger partial charge < -0.3 is 4.74 Å². The van der Waals surface area contributed by atoms with Gasteiger partial charge in [-0.2, -0.15) is 0 Å². The topological polar surface area (TPSA) is 9.23 Å². The van der Waals surface area contributed by atoms with E-state index in [2.05, 4.69) is 48.0 Å². The first-order valence-corrected chi connectivity index (χ1v) is 6.60. The Balaban J connectivity index is 2.82. The van der Waals surface area contributed by atoms with Gasteiger partial charge in [-0.05, 0) is 49.4 Å². The van der Waals surface area contributed by atoms with Crippen molar-refractivity contribution in [2.45, 2.75) is 33.1 Å². The molecular formula is C13H19BrO. The summed E-state index contributed by atoms with van der Waals surface area (Å²) >= 11 is 3.49. The number of hydrogen-bond donors (Lipinski definition) is 0. The van der Waals surface area contributed by atoms with Crippen molar-refractivity contribution in [1.82, 2.24) is 0 Å². The largest absolute Gasteiger partial charge is 0.494 e. The van der Waals surface area contributed by atoms with Crippen LogP contribution in [0.15, 0.2) is 18.2 Å². The third-order valence-corrected chi connectivity index (χ3v) is 3.08. The molecule has 1 atom stereocenters. The number of halogens is 1. The number of aryl methyl sites for hydroxylation is 1. The van der Waals surface area contributed by atoms with Gasteiger partial charge in [0.1, 0.15) is 5.75 Å². The Labute approximate surface area is 101 Å². The van der Waals surface area contributed by atoms with Crippen LogP contribution in [0.5, 0.6) is 5.75 Å². The minimum absolute atomic E-state index is 0.611. The van der Waals surface area contributed by atoms with Crippen LogP contribution < -0.4 is 4.74 Å². The molecule has 0 aliphatic heterocycles. The number of hydrogen-bond acceptors (Lipinski definition) is 1. The molecule has 0 amide bonds. The quantitative estimate of drug-likeness (QED) is 0.726. The van der Waals surface area contributed by atoms with Crippen molar-refractivity contribution in [3.63, 3.8) is 0 Å². The number of alkyl halides is 1. The molecule has 0 saturated heterocycles. The summed E-state index contributed by atoms with van der Waals surface area (Å²) in [6.07, 6.45) is 1.18. The van der Waals surface area contributed by atoms with Crippen molar-refractivity contribution in [1.29, 1.82) is 0 Å². The summed E-state index contributed by atoms with van der Waals surface area (Å²) < 4.78 is 5.47. The molecule has 2 heteroatoms. The Morgan fingerprint density at radius 3 is 2.67 bits per heavy atom. The van der Waals surface area contributed by atoms with Crippen molar-refractivity contribution >= 4 is 15.9 Å². The molecule has 1 nitrogen and oxygen atoms in total. The van der Waals surface area contributed by atoms with E-state index in [0.717, 1.165) is 17.7 Å². The van der Waals surface area contributed by atoms with Crippen LogP contribution in [0.4, 0.5) is 0 Å². The fourth-order valence-corrected chi connectivity index (χ4v) is 2.46. The van der Waals surface area contributed by atoms with Crippen LogP contribution in [0.2, 0.25) is 0 Å². The Morgan fingerprint density at radius 1 is 1.40 bits per heavy atom. The second kappa shape index (κ2) is 6.16. The molecule has 1 unspecified atom stereocenters. The molecule has 0 aliphatic rings. The molecule has 15 heavy (non-hydrogen) atoms. The highest BCUT2D eigenvalue weighted by Gasteiger charge is 2.08. The lowest BCUT2D eigenvalue weighted by Crippen LogP contribution is -1.99. The molecule has 0 fully saturated rings. The highest BCUT2D eigenvalue weighted by molar-refractivity contribution is 9.09. The van der Waals surface area contributed by atoms with E-state index < -0.39 is 0 Å². The van der Waals surface area contributed by atoms with Gasteiger partial charge in [-0.15, -0.1) is 0 Å². The van der Waals surface area contributed by atoms with Gasteiger partial charge in [0.25, 0.3) is 0 Å². The van der Waals surface area contributed by atoms with Crippen LogP contribution in [-0.2, 0) is 0 Å². The van der Waals surface area contributed by atoms with Crippen LogP contribution in [0.25, 0.3) is 0 Å². The molecule has 84 valence electrons. The zero-order valence-electron chi connectivity index (χ0n) is 9.72. The van der Waals surface area contributed by atoms with Gasteiger partial charge in [0.15, 0.2) is 0 Å². The minimum atomic E-state index is 0.611. The maximum absolute atomic E-state index is 5.47. The maximum atomic E-state index is 5.47. The van der Waals surface area contributed by atoms with Gasteiger partial charge >= 0.3 is 0 Å². The summed E-state index contributed by atoms with van der Waals surface area (Å²) in [4.78, 5) is 0. The first kappa shape index (κ1) is 12.6. The standard InChI is InChI=1S/C13H19BrO/c1-4-15-12-5-6-13(11(3)9-12)10(2)7-8-14/h5-6,9-10H,4,7-8H2,1-3H3. The number of rotatable bonds is 5. The van der Waals surface area contributed by atoms with Gasteiger partial charge in [-0.3, -0.25) is 0 Å². The van der Waals surface area contributed by atoms with Crippen LogP contribution in [0.3, 0.4) is 0 Å². The smallest absolute Gasteiger partial charge is 0.119 e. The van der Waals surface area contributed by atoms with Gasteiger partial charge in [0.2, 0.25) is 0 Å². The van der Waals surface area contributed by atoms with Gasteiger partial charge in [-0.1, -0.05) is 28.9 Å². The summed E-state index contributed by atoms with van der Waals surface area (Å²) in [6.45, 7) is 7.17. The van der Waals surface area contributed by atoms with E-state index in [4.69, 9.17) is 4.74 Å². The first-order valence-electron chi connectivity index (χ1n) is 5.48. The Morgan fingerprint density at radius 2 is 2.13 bits per heavy atom. The van der Waals surface area contributed by atoms with Gasteiger partial charge in [0, 0.05) is 5.33 Å². The van der Waals surface area contributed by atoms with Crippen LogP contribution >= 0.6 is 15.9 Å². The van der Waals surface area contributed by atoms with Crippen molar-refractivity contribution in [2.24, 2.45) is 0 Å². The van der Waals surface area contributed by atoms with Crippen molar-refractivity contribution < 1.29 is 4.74 Å². The predicted molar refractivity (Wildman–Crippen MR) is 69.2 cm³/mol. The molecule has 1 aromatic rings. The molecule has 0 aromatic heterocycles. The molecule has 0 heterocycles. The molecule has 0 spiro atoms. The van der Waals surface area contributed by atoms with E-state index >= 15 is 0 Å².